The first-order chi connectivity index (χ1) is 8.25. The molecule has 0 aromatic heterocycles. The minimum Gasteiger partial charge on any atom is -0.481 e. The lowest BCUT2D eigenvalue weighted by Crippen LogP contribution is -2.45. The number of alkyl carbamates (subject to hydrolysis) is 1. The van der Waals surface area contributed by atoms with Gasteiger partial charge in [-0.2, -0.15) is 0 Å². The minimum absolute atomic E-state index is 0.150. The number of hydrogen-bond acceptors (Lipinski definition) is 3. The van der Waals surface area contributed by atoms with Crippen LogP contribution in [0.4, 0.5) is 4.79 Å². The second-order valence-corrected chi connectivity index (χ2v) is 6.00. The van der Waals surface area contributed by atoms with Crippen LogP contribution in [0.1, 0.15) is 52.9 Å². The summed E-state index contributed by atoms with van der Waals surface area (Å²) in [6, 6.07) is 0. The average molecular weight is 257 g/mol. The molecule has 0 radical (unpaired) electrons. The summed E-state index contributed by atoms with van der Waals surface area (Å²) in [5, 5.41) is 11.9. The highest BCUT2D eigenvalue weighted by molar-refractivity contribution is 5.76. The average Bonchev–Trinajstić information content (AvgIpc) is 2.25. The number of carbonyl (C=O) groups excluding carboxylic acids is 1. The molecule has 1 aliphatic carbocycles. The molecule has 0 unspecified atom stereocenters. The Kier molecular flexibility index (Phi) is 4.59. The third-order valence-electron chi connectivity index (χ3n) is 3.23. The van der Waals surface area contributed by atoms with Crippen molar-refractivity contribution in [3.8, 4) is 0 Å². The Hall–Kier alpha value is -1.26. The van der Waals surface area contributed by atoms with E-state index >= 15 is 0 Å². The van der Waals surface area contributed by atoms with Gasteiger partial charge in [-0.3, -0.25) is 4.79 Å². The Morgan fingerprint density at radius 1 is 1.22 bits per heavy atom. The van der Waals surface area contributed by atoms with Crippen LogP contribution in [-0.4, -0.2) is 29.3 Å². The van der Waals surface area contributed by atoms with Gasteiger partial charge in [-0.25, -0.2) is 4.79 Å². The molecule has 18 heavy (non-hydrogen) atoms. The maximum Gasteiger partial charge on any atom is 0.407 e. The zero-order valence-electron chi connectivity index (χ0n) is 11.4. The number of nitrogens with one attached hydrogen (secondary N) is 1. The summed E-state index contributed by atoms with van der Waals surface area (Å²) < 4.78 is 5.11. The van der Waals surface area contributed by atoms with Crippen molar-refractivity contribution in [1.82, 2.24) is 5.32 Å². The molecule has 0 spiro atoms. The van der Waals surface area contributed by atoms with E-state index < -0.39 is 23.1 Å². The van der Waals surface area contributed by atoms with E-state index in [1.54, 1.807) is 20.8 Å². The first kappa shape index (κ1) is 14.8. The summed E-state index contributed by atoms with van der Waals surface area (Å²) in [4.78, 5) is 22.9. The van der Waals surface area contributed by atoms with Crippen molar-refractivity contribution in [2.45, 2.75) is 58.5 Å². The standard InChI is InChI=1S/C13H23NO4/c1-12(2,3)18-11(17)14-9-13(10(15)16)7-5-4-6-8-13/h4-9H2,1-3H3,(H,14,17)(H,15,16). The Balaban J connectivity index is 2.53. The predicted molar refractivity (Wildman–Crippen MR) is 67.4 cm³/mol. The van der Waals surface area contributed by atoms with E-state index in [4.69, 9.17) is 4.74 Å². The van der Waals surface area contributed by atoms with Crippen molar-refractivity contribution in [2.75, 3.05) is 6.54 Å². The van der Waals surface area contributed by atoms with E-state index in [1.165, 1.54) is 0 Å². The second-order valence-electron chi connectivity index (χ2n) is 6.00. The highest BCUT2D eigenvalue weighted by Crippen LogP contribution is 2.36. The van der Waals surface area contributed by atoms with Gasteiger partial charge in [-0.05, 0) is 33.6 Å². The van der Waals surface area contributed by atoms with Gasteiger partial charge in [0.05, 0.1) is 5.41 Å². The molecule has 2 N–H and O–H groups in total. The smallest absolute Gasteiger partial charge is 0.407 e. The Labute approximate surface area is 108 Å². The molecule has 0 saturated heterocycles. The van der Waals surface area contributed by atoms with Gasteiger partial charge in [-0.1, -0.05) is 19.3 Å². The van der Waals surface area contributed by atoms with Crippen LogP contribution in [0.2, 0.25) is 0 Å². The quantitative estimate of drug-likeness (QED) is 0.814. The van der Waals surface area contributed by atoms with Crippen molar-refractivity contribution in [1.29, 1.82) is 0 Å². The Bertz CT molecular complexity index is 313. The molecule has 1 saturated carbocycles. The lowest BCUT2D eigenvalue weighted by molar-refractivity contribution is -0.150. The predicted octanol–water partition coefficient (Wildman–Crippen LogP) is 2.55. The van der Waals surface area contributed by atoms with Crippen LogP contribution in [0.5, 0.6) is 0 Å². The zero-order chi connectivity index (χ0) is 13.8. The van der Waals surface area contributed by atoms with Gasteiger partial charge in [-0.15, -0.1) is 0 Å². The fourth-order valence-electron chi connectivity index (χ4n) is 2.25. The van der Waals surface area contributed by atoms with Crippen molar-refractivity contribution in [2.24, 2.45) is 5.41 Å². The molecule has 0 aliphatic heterocycles. The summed E-state index contributed by atoms with van der Waals surface area (Å²) in [5.41, 5.74) is -1.37. The number of hydrogen-bond donors (Lipinski definition) is 2. The summed E-state index contributed by atoms with van der Waals surface area (Å²) in [6.07, 6.45) is 3.58. The molecule has 0 bridgehead atoms. The van der Waals surface area contributed by atoms with Gasteiger partial charge in [0, 0.05) is 6.54 Å². The van der Waals surface area contributed by atoms with Crippen LogP contribution in [0.3, 0.4) is 0 Å². The molecule has 0 aromatic carbocycles. The first-order valence-corrected chi connectivity index (χ1v) is 6.45. The van der Waals surface area contributed by atoms with Crippen molar-refractivity contribution in [3.63, 3.8) is 0 Å². The third-order valence-corrected chi connectivity index (χ3v) is 3.23. The molecule has 5 nitrogen and oxygen atoms in total. The highest BCUT2D eigenvalue weighted by Gasteiger charge is 2.40. The first-order valence-electron chi connectivity index (χ1n) is 6.45. The van der Waals surface area contributed by atoms with Crippen LogP contribution in [0, 0.1) is 5.41 Å². The number of rotatable bonds is 3. The maximum absolute atomic E-state index is 11.5. The van der Waals surface area contributed by atoms with Crippen LogP contribution >= 0.6 is 0 Å². The number of ether oxygens (including phenoxy) is 1. The van der Waals surface area contributed by atoms with E-state index in [0.717, 1.165) is 19.3 Å². The molecule has 0 atom stereocenters. The Morgan fingerprint density at radius 2 is 1.78 bits per heavy atom. The van der Waals surface area contributed by atoms with Gasteiger partial charge < -0.3 is 15.2 Å². The lowest BCUT2D eigenvalue weighted by Gasteiger charge is -2.33. The zero-order valence-corrected chi connectivity index (χ0v) is 11.4. The Morgan fingerprint density at radius 3 is 2.22 bits per heavy atom. The topological polar surface area (TPSA) is 75.6 Å². The van der Waals surface area contributed by atoms with E-state index in [-0.39, 0.29) is 6.54 Å². The lowest BCUT2D eigenvalue weighted by atomic mass is 9.74. The van der Waals surface area contributed by atoms with E-state index in [0.29, 0.717) is 12.8 Å². The molecule has 104 valence electrons. The van der Waals surface area contributed by atoms with E-state index in [9.17, 15) is 14.7 Å². The van der Waals surface area contributed by atoms with Crippen molar-refractivity contribution >= 4 is 12.1 Å². The monoisotopic (exact) mass is 257 g/mol. The molecule has 1 fully saturated rings. The van der Waals surface area contributed by atoms with Crippen LogP contribution in [-0.2, 0) is 9.53 Å². The highest BCUT2D eigenvalue weighted by atomic mass is 16.6. The van der Waals surface area contributed by atoms with Crippen molar-refractivity contribution in [3.05, 3.63) is 0 Å². The summed E-state index contributed by atoms with van der Waals surface area (Å²) in [6.45, 7) is 5.48. The molecule has 1 amide bonds. The SMILES string of the molecule is CC(C)(C)OC(=O)NCC1(C(=O)O)CCCCC1. The van der Waals surface area contributed by atoms with Gasteiger partial charge >= 0.3 is 12.1 Å². The van der Waals surface area contributed by atoms with Crippen LogP contribution in [0.15, 0.2) is 0 Å². The third kappa shape index (κ3) is 4.20. The largest absolute Gasteiger partial charge is 0.481 e. The van der Waals surface area contributed by atoms with Gasteiger partial charge in [0.25, 0.3) is 0 Å². The van der Waals surface area contributed by atoms with Crippen molar-refractivity contribution < 1.29 is 19.4 Å². The van der Waals surface area contributed by atoms with E-state index in [2.05, 4.69) is 5.32 Å². The number of aliphatic carboxylic acids is 1. The summed E-state index contributed by atoms with van der Waals surface area (Å²) in [7, 11) is 0. The fourth-order valence-corrected chi connectivity index (χ4v) is 2.25. The summed E-state index contributed by atoms with van der Waals surface area (Å²) >= 11 is 0. The molecule has 1 aliphatic rings. The number of carboxylic acids is 1. The van der Waals surface area contributed by atoms with Gasteiger partial charge in [0.1, 0.15) is 5.60 Å². The molecule has 5 heteroatoms. The number of amides is 1. The second kappa shape index (κ2) is 5.59. The normalized spacial score (nSPS) is 19.1. The van der Waals surface area contributed by atoms with Gasteiger partial charge in [0.15, 0.2) is 0 Å². The molecule has 0 aromatic rings. The molecular weight excluding hydrogens is 234 g/mol. The van der Waals surface area contributed by atoms with Gasteiger partial charge in [0.2, 0.25) is 0 Å². The molecule has 0 heterocycles. The van der Waals surface area contributed by atoms with E-state index in [1.807, 2.05) is 0 Å². The maximum atomic E-state index is 11.5. The molecule has 1 rings (SSSR count). The fraction of sp³-hybridized carbons (Fsp3) is 0.846. The minimum atomic E-state index is -0.821. The summed E-state index contributed by atoms with van der Waals surface area (Å²) in [5.74, 6) is -0.821. The molecular formula is C13H23NO4. The number of carbonyl (C=O) groups is 2. The van der Waals surface area contributed by atoms with Crippen LogP contribution in [0.25, 0.3) is 0 Å². The van der Waals surface area contributed by atoms with Crippen LogP contribution < -0.4 is 5.32 Å². The number of carboxylic acid groups (broad SMARTS) is 1.